The number of carbonyl (C=O) groups excluding carboxylic acids is 1. The highest BCUT2D eigenvalue weighted by molar-refractivity contribution is 5.97. The third-order valence-electron chi connectivity index (χ3n) is 5.94. The molecule has 2 heterocycles. The molecule has 1 aromatic rings. The first-order valence-electron chi connectivity index (χ1n) is 9.91. The fourth-order valence-electron chi connectivity index (χ4n) is 4.29. The Labute approximate surface area is 151 Å². The van der Waals surface area contributed by atoms with Gasteiger partial charge in [-0.1, -0.05) is 26.0 Å². The van der Waals surface area contributed by atoms with Crippen LogP contribution in [0.4, 0.5) is 0 Å². The van der Waals surface area contributed by atoms with Gasteiger partial charge < -0.3 is 9.64 Å². The van der Waals surface area contributed by atoms with E-state index in [0.717, 1.165) is 49.7 Å². The Morgan fingerprint density at radius 3 is 2.88 bits per heavy atom. The number of ether oxygens (including phenoxy) is 1. The van der Waals surface area contributed by atoms with Gasteiger partial charge in [-0.15, -0.1) is 0 Å². The van der Waals surface area contributed by atoms with Crippen molar-refractivity contribution < 1.29 is 9.53 Å². The van der Waals surface area contributed by atoms with Crippen LogP contribution in [-0.4, -0.2) is 54.5 Å². The minimum atomic E-state index is 0.151. The molecule has 0 bridgehead atoms. The van der Waals surface area contributed by atoms with Crippen LogP contribution in [-0.2, 0) is 6.42 Å². The van der Waals surface area contributed by atoms with Crippen molar-refractivity contribution in [1.82, 2.24) is 9.80 Å². The summed E-state index contributed by atoms with van der Waals surface area (Å²) in [6.45, 7) is 9.31. The summed E-state index contributed by atoms with van der Waals surface area (Å²) < 4.78 is 5.77. The molecular formula is C21H30N2O2. The number of rotatable bonds is 4. The van der Waals surface area contributed by atoms with Crippen molar-refractivity contribution in [2.24, 2.45) is 11.8 Å². The van der Waals surface area contributed by atoms with Crippen molar-refractivity contribution in [3.63, 3.8) is 0 Å². The number of hydrogen-bond donors (Lipinski definition) is 0. The summed E-state index contributed by atoms with van der Waals surface area (Å²) in [7, 11) is 0. The highest BCUT2D eigenvalue weighted by Gasteiger charge is 2.34. The Morgan fingerprint density at radius 2 is 2.12 bits per heavy atom. The molecule has 1 saturated heterocycles. The zero-order chi connectivity index (χ0) is 17.4. The number of nitrogens with zero attached hydrogens (tertiary/aromatic N) is 2. The average Bonchev–Trinajstić information content (AvgIpc) is 3.33. The van der Waals surface area contributed by atoms with E-state index in [-0.39, 0.29) is 5.91 Å². The number of fused-ring (bicyclic) bond motifs is 1. The van der Waals surface area contributed by atoms with Crippen LogP contribution < -0.4 is 4.74 Å². The van der Waals surface area contributed by atoms with Crippen LogP contribution in [0.3, 0.4) is 0 Å². The van der Waals surface area contributed by atoms with E-state index in [9.17, 15) is 4.79 Å². The minimum Gasteiger partial charge on any atom is -0.492 e. The van der Waals surface area contributed by atoms with E-state index in [4.69, 9.17) is 4.74 Å². The molecular weight excluding hydrogens is 312 g/mol. The molecule has 1 aromatic carbocycles. The van der Waals surface area contributed by atoms with Crippen LogP contribution in [0, 0.1) is 11.8 Å². The van der Waals surface area contributed by atoms with Crippen LogP contribution in [0.2, 0.25) is 0 Å². The van der Waals surface area contributed by atoms with E-state index in [1.165, 1.54) is 24.9 Å². The maximum Gasteiger partial charge on any atom is 0.257 e. The molecule has 1 aliphatic carbocycles. The van der Waals surface area contributed by atoms with Gasteiger partial charge in [0.1, 0.15) is 5.75 Å². The predicted octanol–water partition coefficient (Wildman–Crippen LogP) is 3.20. The van der Waals surface area contributed by atoms with Crippen LogP contribution in [0.15, 0.2) is 18.2 Å². The average molecular weight is 342 g/mol. The molecule has 4 nitrogen and oxygen atoms in total. The molecule has 25 heavy (non-hydrogen) atoms. The van der Waals surface area contributed by atoms with Crippen molar-refractivity contribution >= 4 is 5.91 Å². The molecule has 0 N–H and O–H groups in total. The molecule has 0 aromatic heterocycles. The lowest BCUT2D eigenvalue weighted by Crippen LogP contribution is -2.46. The summed E-state index contributed by atoms with van der Waals surface area (Å²) in [4.78, 5) is 18.0. The lowest BCUT2D eigenvalue weighted by Gasteiger charge is -2.34. The molecule has 1 atom stereocenters. The second-order valence-corrected chi connectivity index (χ2v) is 8.25. The number of benzene rings is 1. The Morgan fingerprint density at radius 1 is 1.28 bits per heavy atom. The first-order valence-corrected chi connectivity index (χ1v) is 9.91. The van der Waals surface area contributed by atoms with Crippen molar-refractivity contribution in [2.45, 2.75) is 45.6 Å². The van der Waals surface area contributed by atoms with Gasteiger partial charge in [-0.2, -0.15) is 0 Å². The molecule has 2 fully saturated rings. The van der Waals surface area contributed by atoms with Gasteiger partial charge in [-0.05, 0) is 42.7 Å². The number of amides is 1. The predicted molar refractivity (Wildman–Crippen MR) is 99.1 cm³/mol. The lowest BCUT2D eigenvalue weighted by molar-refractivity contribution is 0.0701. The molecule has 4 rings (SSSR count). The van der Waals surface area contributed by atoms with E-state index < -0.39 is 0 Å². The minimum absolute atomic E-state index is 0.151. The highest BCUT2D eigenvalue weighted by atomic mass is 16.5. The van der Waals surface area contributed by atoms with Gasteiger partial charge >= 0.3 is 0 Å². The molecule has 0 unspecified atom stereocenters. The van der Waals surface area contributed by atoms with Gasteiger partial charge in [0.15, 0.2) is 0 Å². The van der Waals surface area contributed by atoms with Gasteiger partial charge in [0.2, 0.25) is 0 Å². The molecule has 136 valence electrons. The Kier molecular flexibility index (Phi) is 4.72. The van der Waals surface area contributed by atoms with E-state index in [1.54, 1.807) is 0 Å². The summed E-state index contributed by atoms with van der Waals surface area (Å²) in [5.74, 6) is 2.43. The Bertz CT molecular complexity index is 639. The first-order chi connectivity index (χ1) is 12.1. The zero-order valence-electron chi connectivity index (χ0n) is 15.5. The molecule has 3 aliphatic rings. The van der Waals surface area contributed by atoms with Crippen LogP contribution in [0.1, 0.15) is 49.0 Å². The summed E-state index contributed by atoms with van der Waals surface area (Å²) in [6, 6.07) is 6.47. The van der Waals surface area contributed by atoms with Crippen LogP contribution >= 0.6 is 0 Å². The fraction of sp³-hybridized carbons (Fsp3) is 0.667. The number of para-hydroxylation sites is 1. The molecule has 0 spiro atoms. The maximum absolute atomic E-state index is 13.2. The second kappa shape index (κ2) is 6.99. The Hall–Kier alpha value is -1.55. The molecule has 1 amide bonds. The van der Waals surface area contributed by atoms with Gasteiger partial charge in [0, 0.05) is 38.6 Å². The summed E-state index contributed by atoms with van der Waals surface area (Å²) in [5.41, 5.74) is 1.93. The number of carbonyl (C=O) groups is 1. The smallest absolute Gasteiger partial charge is 0.257 e. The summed E-state index contributed by atoms with van der Waals surface area (Å²) in [6.07, 6.45) is 4.76. The van der Waals surface area contributed by atoms with E-state index in [0.29, 0.717) is 18.6 Å². The Balaban J connectivity index is 1.53. The lowest BCUT2D eigenvalue weighted by atomic mass is 10.0. The fourth-order valence-corrected chi connectivity index (χ4v) is 4.29. The summed E-state index contributed by atoms with van der Waals surface area (Å²) in [5, 5.41) is 0. The SMILES string of the molecule is CC(C)[C@H]1CN(C(=O)c2cccc3c2OCC3)CCCN1CC1CC1. The molecule has 0 radical (unpaired) electrons. The highest BCUT2D eigenvalue weighted by Crippen LogP contribution is 2.33. The number of hydrogen-bond acceptors (Lipinski definition) is 3. The monoisotopic (exact) mass is 342 g/mol. The van der Waals surface area contributed by atoms with Crippen molar-refractivity contribution in [3.8, 4) is 5.75 Å². The third-order valence-corrected chi connectivity index (χ3v) is 5.94. The topological polar surface area (TPSA) is 32.8 Å². The quantitative estimate of drug-likeness (QED) is 0.842. The third kappa shape index (κ3) is 3.55. The molecule has 4 heteroatoms. The molecule has 2 aliphatic heterocycles. The second-order valence-electron chi connectivity index (χ2n) is 8.25. The van der Waals surface area contributed by atoms with Gasteiger partial charge in [-0.25, -0.2) is 0 Å². The van der Waals surface area contributed by atoms with E-state index in [1.807, 2.05) is 12.1 Å². The van der Waals surface area contributed by atoms with Crippen molar-refractivity contribution in [1.29, 1.82) is 0 Å². The van der Waals surface area contributed by atoms with Gasteiger partial charge in [0.05, 0.1) is 12.2 Å². The van der Waals surface area contributed by atoms with Crippen LogP contribution in [0.5, 0.6) is 5.75 Å². The molecule has 1 saturated carbocycles. The van der Waals surface area contributed by atoms with E-state index in [2.05, 4.69) is 29.7 Å². The maximum atomic E-state index is 13.2. The standard InChI is InChI=1S/C21H30N2O2/c1-15(2)19-14-23(11-4-10-22(19)13-16-7-8-16)21(24)18-6-3-5-17-9-12-25-20(17)18/h3,5-6,15-16,19H,4,7-14H2,1-2H3/t19-/m1/s1. The van der Waals surface area contributed by atoms with Crippen molar-refractivity contribution in [2.75, 3.05) is 32.8 Å². The largest absolute Gasteiger partial charge is 0.492 e. The van der Waals surface area contributed by atoms with E-state index >= 15 is 0 Å². The zero-order valence-corrected chi connectivity index (χ0v) is 15.5. The van der Waals surface area contributed by atoms with Gasteiger partial charge in [0.25, 0.3) is 5.91 Å². The van der Waals surface area contributed by atoms with Crippen LogP contribution in [0.25, 0.3) is 0 Å². The first kappa shape index (κ1) is 16.9. The normalized spacial score (nSPS) is 24.1. The summed E-state index contributed by atoms with van der Waals surface area (Å²) >= 11 is 0. The van der Waals surface area contributed by atoms with Crippen molar-refractivity contribution in [3.05, 3.63) is 29.3 Å². The van der Waals surface area contributed by atoms with Gasteiger partial charge in [-0.3, -0.25) is 9.69 Å².